The molecule has 2 rings (SSSR count). The summed E-state index contributed by atoms with van der Waals surface area (Å²) in [6.07, 6.45) is 0.250. The largest absolute Gasteiger partial charge is 0.271 e. The number of aromatic nitrogens is 2. The van der Waals surface area contributed by atoms with Gasteiger partial charge in [0.05, 0.1) is 17.1 Å². The molecule has 1 aliphatic heterocycles. The molecule has 1 aromatic heterocycles. The smallest absolute Gasteiger partial charge is 0.269 e. The fraction of sp³-hybridized carbons (Fsp3) is 0.600. The predicted molar refractivity (Wildman–Crippen MR) is 64.8 cm³/mol. The summed E-state index contributed by atoms with van der Waals surface area (Å²) in [5, 5.41) is 6.39. The molecular formula is C10H15N3O3S. The van der Waals surface area contributed by atoms with Crippen LogP contribution in [0.25, 0.3) is 0 Å². The molecule has 0 bridgehead atoms. The van der Waals surface area contributed by atoms with E-state index in [-0.39, 0.29) is 23.7 Å². The van der Waals surface area contributed by atoms with Crippen molar-refractivity contribution in [3.63, 3.8) is 0 Å². The van der Waals surface area contributed by atoms with E-state index >= 15 is 0 Å². The second kappa shape index (κ2) is 3.83. The zero-order valence-corrected chi connectivity index (χ0v) is 10.8. The van der Waals surface area contributed by atoms with E-state index < -0.39 is 10.0 Å². The molecule has 7 heteroatoms. The minimum atomic E-state index is -3.31. The first-order valence-corrected chi connectivity index (χ1v) is 7.03. The van der Waals surface area contributed by atoms with Crippen molar-refractivity contribution in [1.29, 1.82) is 0 Å². The Morgan fingerprint density at radius 3 is 2.65 bits per heavy atom. The van der Waals surface area contributed by atoms with Crippen LogP contribution < -0.4 is 9.86 Å². The Hall–Kier alpha value is -1.37. The van der Waals surface area contributed by atoms with Gasteiger partial charge in [-0.3, -0.25) is 9.10 Å². The van der Waals surface area contributed by atoms with Crippen LogP contribution in [0.4, 0.5) is 5.69 Å². The summed E-state index contributed by atoms with van der Waals surface area (Å²) in [5.74, 6) is 0.0255. The lowest BCUT2D eigenvalue weighted by atomic mass is 10.0. The van der Waals surface area contributed by atoms with Gasteiger partial charge in [0, 0.05) is 12.6 Å². The van der Waals surface area contributed by atoms with Crippen molar-refractivity contribution >= 4 is 15.7 Å². The molecule has 0 saturated carbocycles. The number of sulfonamides is 1. The van der Waals surface area contributed by atoms with Crippen molar-refractivity contribution in [3.05, 3.63) is 21.6 Å². The third kappa shape index (κ3) is 1.84. The third-order valence-electron chi connectivity index (χ3n) is 2.97. The molecule has 0 aliphatic carbocycles. The maximum Gasteiger partial charge on any atom is 0.269 e. The van der Waals surface area contributed by atoms with Gasteiger partial charge in [0.25, 0.3) is 5.56 Å². The summed E-state index contributed by atoms with van der Waals surface area (Å²) in [7, 11) is -1.83. The van der Waals surface area contributed by atoms with Gasteiger partial charge in [-0.05, 0) is 12.3 Å². The van der Waals surface area contributed by atoms with Crippen molar-refractivity contribution < 1.29 is 8.42 Å². The first-order valence-electron chi connectivity index (χ1n) is 5.42. The fourth-order valence-corrected chi connectivity index (χ4v) is 3.20. The first-order chi connectivity index (χ1) is 7.84. The van der Waals surface area contributed by atoms with Crippen LogP contribution >= 0.6 is 0 Å². The second-order valence-electron chi connectivity index (χ2n) is 4.45. The molecule has 0 radical (unpaired) electrons. The number of nitrogens with one attached hydrogen (secondary N) is 1. The highest BCUT2D eigenvalue weighted by atomic mass is 32.2. The normalized spacial score (nSPS) is 18.2. The second-order valence-corrected chi connectivity index (χ2v) is 6.57. The Balaban J connectivity index is 2.77. The molecule has 1 aliphatic rings. The van der Waals surface area contributed by atoms with Crippen LogP contribution in [-0.4, -0.2) is 31.4 Å². The molecule has 17 heavy (non-hydrogen) atoms. The van der Waals surface area contributed by atoms with Crippen molar-refractivity contribution in [2.75, 3.05) is 17.1 Å². The summed E-state index contributed by atoms with van der Waals surface area (Å²) in [6.45, 7) is 3.83. The molecule has 0 aromatic carbocycles. The SMILES string of the molecule is CC(C)c1n[nH]c(=O)c2c1N(C)S(=O)(=O)CC2. The molecule has 1 aromatic rings. The van der Waals surface area contributed by atoms with Gasteiger partial charge in [-0.15, -0.1) is 0 Å². The van der Waals surface area contributed by atoms with Crippen molar-refractivity contribution in [2.45, 2.75) is 26.2 Å². The minimum absolute atomic E-state index is 0.0267. The van der Waals surface area contributed by atoms with Gasteiger partial charge in [-0.1, -0.05) is 13.8 Å². The number of aromatic amines is 1. The molecule has 94 valence electrons. The summed E-state index contributed by atoms with van der Waals surface area (Å²) >= 11 is 0. The Bertz CT molecular complexity index is 604. The van der Waals surface area contributed by atoms with E-state index in [1.165, 1.54) is 11.4 Å². The van der Waals surface area contributed by atoms with E-state index in [9.17, 15) is 13.2 Å². The Morgan fingerprint density at radius 2 is 2.06 bits per heavy atom. The number of anilines is 1. The van der Waals surface area contributed by atoms with Gasteiger partial charge in [0.2, 0.25) is 10.0 Å². The first kappa shape index (κ1) is 12.1. The predicted octanol–water partition coefficient (Wildman–Crippen LogP) is 0.215. The molecule has 1 N–H and O–H groups in total. The van der Waals surface area contributed by atoms with Gasteiger partial charge in [0.1, 0.15) is 0 Å². The van der Waals surface area contributed by atoms with Crippen LogP contribution in [0, 0.1) is 0 Å². The zero-order chi connectivity index (χ0) is 12.8. The van der Waals surface area contributed by atoms with Gasteiger partial charge >= 0.3 is 0 Å². The fourth-order valence-electron chi connectivity index (χ4n) is 1.99. The quantitative estimate of drug-likeness (QED) is 0.780. The van der Waals surface area contributed by atoms with E-state index in [4.69, 9.17) is 0 Å². The molecule has 0 atom stereocenters. The van der Waals surface area contributed by atoms with Crippen molar-refractivity contribution in [1.82, 2.24) is 10.2 Å². The molecular weight excluding hydrogens is 242 g/mol. The Kier molecular flexibility index (Phi) is 2.73. The number of fused-ring (bicyclic) bond motifs is 1. The highest BCUT2D eigenvalue weighted by molar-refractivity contribution is 7.92. The molecule has 0 unspecified atom stereocenters. The lowest BCUT2D eigenvalue weighted by Crippen LogP contribution is -2.39. The van der Waals surface area contributed by atoms with Gasteiger partial charge in [0.15, 0.2) is 0 Å². The van der Waals surface area contributed by atoms with Gasteiger partial charge in [-0.25, -0.2) is 13.5 Å². The van der Waals surface area contributed by atoms with Gasteiger partial charge in [-0.2, -0.15) is 5.10 Å². The molecule has 2 heterocycles. The summed E-state index contributed by atoms with van der Waals surface area (Å²) in [5.41, 5.74) is 1.28. The molecule has 6 nitrogen and oxygen atoms in total. The molecule has 0 spiro atoms. The Morgan fingerprint density at radius 1 is 1.41 bits per heavy atom. The van der Waals surface area contributed by atoms with Crippen LogP contribution in [-0.2, 0) is 16.4 Å². The Labute approximate surface area is 99.7 Å². The molecule has 0 saturated heterocycles. The highest BCUT2D eigenvalue weighted by Crippen LogP contribution is 2.31. The maximum absolute atomic E-state index is 11.8. The average Bonchev–Trinajstić information content (AvgIpc) is 2.24. The lowest BCUT2D eigenvalue weighted by molar-refractivity contribution is 0.589. The van der Waals surface area contributed by atoms with E-state index in [1.54, 1.807) is 0 Å². The van der Waals surface area contributed by atoms with E-state index in [0.717, 1.165) is 0 Å². The van der Waals surface area contributed by atoms with Crippen LogP contribution in [0.1, 0.15) is 31.0 Å². The van der Waals surface area contributed by atoms with E-state index in [1.807, 2.05) is 13.8 Å². The monoisotopic (exact) mass is 257 g/mol. The average molecular weight is 257 g/mol. The van der Waals surface area contributed by atoms with E-state index in [0.29, 0.717) is 16.9 Å². The molecule has 0 amide bonds. The van der Waals surface area contributed by atoms with Crippen LogP contribution in [0.3, 0.4) is 0 Å². The zero-order valence-electron chi connectivity index (χ0n) is 10.0. The maximum atomic E-state index is 11.8. The number of hydrogen-bond acceptors (Lipinski definition) is 4. The topological polar surface area (TPSA) is 83.1 Å². The van der Waals surface area contributed by atoms with Crippen LogP contribution in [0.15, 0.2) is 4.79 Å². The molecule has 0 fully saturated rings. The summed E-state index contributed by atoms with van der Waals surface area (Å²) in [4.78, 5) is 11.7. The third-order valence-corrected chi connectivity index (χ3v) is 4.71. The number of nitrogens with zero attached hydrogens (tertiary/aromatic N) is 2. The van der Waals surface area contributed by atoms with Gasteiger partial charge < -0.3 is 0 Å². The van der Waals surface area contributed by atoms with Crippen LogP contribution in [0.2, 0.25) is 0 Å². The highest BCUT2D eigenvalue weighted by Gasteiger charge is 2.31. The number of H-pyrrole nitrogens is 1. The van der Waals surface area contributed by atoms with Crippen molar-refractivity contribution in [3.8, 4) is 0 Å². The number of rotatable bonds is 1. The van der Waals surface area contributed by atoms with Crippen LogP contribution in [0.5, 0.6) is 0 Å². The standard InChI is InChI=1S/C10H15N3O3S/c1-6(2)8-9-7(10(14)12-11-8)4-5-17(15,16)13(9)3/h6H,4-5H2,1-3H3,(H,12,14). The summed E-state index contributed by atoms with van der Waals surface area (Å²) < 4.78 is 24.8. The lowest BCUT2D eigenvalue weighted by Gasteiger charge is -2.28. The number of hydrogen-bond donors (Lipinski definition) is 1. The minimum Gasteiger partial charge on any atom is -0.271 e. The van der Waals surface area contributed by atoms with E-state index in [2.05, 4.69) is 10.2 Å². The van der Waals surface area contributed by atoms with Crippen molar-refractivity contribution in [2.24, 2.45) is 0 Å². The summed E-state index contributed by atoms with van der Waals surface area (Å²) in [6, 6.07) is 0.